The second kappa shape index (κ2) is 9.49. The third-order valence-corrected chi connectivity index (χ3v) is 6.30. The van der Waals surface area contributed by atoms with Crippen molar-refractivity contribution in [2.24, 2.45) is 0 Å². The lowest BCUT2D eigenvalue weighted by atomic mass is 9.98. The van der Waals surface area contributed by atoms with Crippen molar-refractivity contribution in [1.29, 1.82) is 0 Å². The first-order valence-corrected chi connectivity index (χ1v) is 11.6. The highest BCUT2D eigenvalue weighted by Gasteiger charge is 2.36. The molecule has 3 N–H and O–H groups in total. The number of hydrogen-bond donors (Lipinski definition) is 3. The van der Waals surface area contributed by atoms with E-state index in [4.69, 9.17) is 4.74 Å². The summed E-state index contributed by atoms with van der Waals surface area (Å²) in [5.41, 5.74) is 0.136. The predicted octanol–water partition coefficient (Wildman–Crippen LogP) is 3.64. The molecule has 1 unspecified atom stereocenters. The number of aliphatic hydroxyl groups is 1. The smallest absolute Gasteiger partial charge is 0.389 e. The third-order valence-electron chi connectivity index (χ3n) is 6.30. The molecular weight excluding hydrogens is 489 g/mol. The van der Waals surface area contributed by atoms with Crippen molar-refractivity contribution < 1.29 is 27.8 Å². The Morgan fingerprint density at radius 3 is 2.70 bits per heavy atom. The molecule has 192 valence electrons. The lowest BCUT2D eigenvalue weighted by Gasteiger charge is -2.26. The molecule has 1 amide bonds. The Labute approximate surface area is 208 Å². The Kier molecular flexibility index (Phi) is 6.34. The first-order chi connectivity index (χ1) is 17.6. The topological polar surface area (TPSA) is 109 Å². The standard InChI is InChI=1S/C26H23F3N4O4/c1-14(34)22-11-33(10-15-3-2-4-17(7-15)24(35)31-18-12-37-13-18)25(36)19-6-5-16(8-20(19)22)21-9-30-32-23(21)26(27,28)29/h2-9,11,14,18,34H,10,12-13H2,1H3,(H,30,32)(H,31,35). The second-order valence-electron chi connectivity index (χ2n) is 9.01. The predicted molar refractivity (Wildman–Crippen MR) is 129 cm³/mol. The van der Waals surface area contributed by atoms with Crippen molar-refractivity contribution in [3.63, 3.8) is 0 Å². The van der Waals surface area contributed by atoms with Gasteiger partial charge in [0, 0.05) is 34.5 Å². The number of pyridine rings is 1. The van der Waals surface area contributed by atoms with Gasteiger partial charge in [-0.15, -0.1) is 0 Å². The van der Waals surface area contributed by atoms with Crippen LogP contribution in [0.25, 0.3) is 21.9 Å². The molecule has 1 aliphatic rings. The van der Waals surface area contributed by atoms with Crippen molar-refractivity contribution in [1.82, 2.24) is 20.1 Å². The highest BCUT2D eigenvalue weighted by molar-refractivity contribution is 5.94. The molecule has 1 saturated heterocycles. The van der Waals surface area contributed by atoms with Gasteiger partial charge in [0.05, 0.1) is 31.9 Å². The Balaban J connectivity index is 1.52. The van der Waals surface area contributed by atoms with Gasteiger partial charge in [0.2, 0.25) is 0 Å². The zero-order valence-corrected chi connectivity index (χ0v) is 19.7. The monoisotopic (exact) mass is 512 g/mol. The van der Waals surface area contributed by atoms with E-state index in [2.05, 4.69) is 15.5 Å². The fourth-order valence-corrected chi connectivity index (χ4v) is 4.36. The largest absolute Gasteiger partial charge is 0.435 e. The Bertz CT molecular complexity index is 1540. The Morgan fingerprint density at radius 1 is 1.24 bits per heavy atom. The number of fused-ring (bicyclic) bond motifs is 1. The quantitative estimate of drug-likeness (QED) is 0.366. The molecule has 8 nitrogen and oxygen atoms in total. The van der Waals surface area contributed by atoms with Gasteiger partial charge in [0.25, 0.3) is 11.5 Å². The van der Waals surface area contributed by atoms with Gasteiger partial charge in [0.1, 0.15) is 0 Å². The third kappa shape index (κ3) is 4.87. The van der Waals surface area contributed by atoms with Gasteiger partial charge in [-0.3, -0.25) is 14.7 Å². The van der Waals surface area contributed by atoms with Gasteiger partial charge in [-0.25, -0.2) is 0 Å². The summed E-state index contributed by atoms with van der Waals surface area (Å²) in [7, 11) is 0. The molecule has 1 atom stereocenters. The van der Waals surface area contributed by atoms with Gasteiger partial charge in [0.15, 0.2) is 5.69 Å². The van der Waals surface area contributed by atoms with Crippen molar-refractivity contribution in [2.75, 3.05) is 13.2 Å². The van der Waals surface area contributed by atoms with E-state index in [1.54, 1.807) is 24.3 Å². The van der Waals surface area contributed by atoms with Crippen LogP contribution in [0.2, 0.25) is 0 Å². The van der Waals surface area contributed by atoms with E-state index in [9.17, 15) is 27.9 Å². The molecule has 4 aromatic rings. The number of carbonyl (C=O) groups excluding carboxylic acids is 1. The fraction of sp³-hybridized carbons (Fsp3) is 0.269. The molecule has 5 rings (SSSR count). The highest BCUT2D eigenvalue weighted by atomic mass is 19.4. The first kappa shape index (κ1) is 24.7. The van der Waals surface area contributed by atoms with E-state index in [0.29, 0.717) is 35.3 Å². The molecule has 0 saturated carbocycles. The molecule has 1 aliphatic heterocycles. The number of amides is 1. The zero-order valence-electron chi connectivity index (χ0n) is 19.7. The average Bonchev–Trinajstić information content (AvgIpc) is 3.33. The zero-order chi connectivity index (χ0) is 26.3. The average molecular weight is 512 g/mol. The Hall–Kier alpha value is -3.96. The lowest BCUT2D eigenvalue weighted by Crippen LogP contribution is -2.48. The lowest BCUT2D eigenvalue weighted by molar-refractivity contribution is -0.140. The number of aliphatic hydroxyl groups excluding tert-OH is 1. The van der Waals surface area contributed by atoms with Crippen LogP contribution in [0.1, 0.15) is 40.2 Å². The maximum absolute atomic E-state index is 13.4. The van der Waals surface area contributed by atoms with Crippen LogP contribution in [0.4, 0.5) is 13.2 Å². The minimum atomic E-state index is -4.65. The van der Waals surface area contributed by atoms with Gasteiger partial charge < -0.3 is 19.7 Å². The summed E-state index contributed by atoms with van der Waals surface area (Å²) in [5.74, 6) is -0.240. The van der Waals surface area contributed by atoms with Gasteiger partial charge in [-0.2, -0.15) is 18.3 Å². The van der Waals surface area contributed by atoms with Crippen LogP contribution in [0.3, 0.4) is 0 Å². The van der Waals surface area contributed by atoms with E-state index in [1.807, 2.05) is 0 Å². The van der Waals surface area contributed by atoms with Gasteiger partial charge >= 0.3 is 6.18 Å². The number of aromatic nitrogens is 3. The summed E-state index contributed by atoms with van der Waals surface area (Å²) in [6, 6.07) is 11.2. The van der Waals surface area contributed by atoms with Crippen molar-refractivity contribution in [3.05, 3.63) is 87.6 Å². The van der Waals surface area contributed by atoms with Gasteiger partial charge in [-0.05, 0) is 47.7 Å². The summed E-state index contributed by atoms with van der Waals surface area (Å²) in [5, 5.41) is 19.5. The molecule has 37 heavy (non-hydrogen) atoms. The van der Waals surface area contributed by atoms with Crippen LogP contribution in [-0.4, -0.2) is 45.0 Å². The van der Waals surface area contributed by atoms with Crippen LogP contribution in [0.15, 0.2) is 59.7 Å². The van der Waals surface area contributed by atoms with Crippen LogP contribution in [0, 0.1) is 0 Å². The van der Waals surface area contributed by atoms with Crippen LogP contribution in [-0.2, 0) is 17.5 Å². The van der Waals surface area contributed by atoms with Crippen LogP contribution >= 0.6 is 0 Å². The molecule has 2 aromatic heterocycles. The first-order valence-electron chi connectivity index (χ1n) is 11.6. The van der Waals surface area contributed by atoms with Gasteiger partial charge in [-0.1, -0.05) is 18.2 Å². The number of nitrogens with one attached hydrogen (secondary N) is 2. The number of alkyl halides is 3. The van der Waals surface area contributed by atoms with E-state index in [1.165, 1.54) is 35.9 Å². The molecule has 2 aromatic carbocycles. The maximum Gasteiger partial charge on any atom is 0.435 e. The molecule has 0 bridgehead atoms. The van der Waals surface area contributed by atoms with Crippen molar-refractivity contribution in [2.45, 2.75) is 31.8 Å². The van der Waals surface area contributed by atoms with E-state index in [0.717, 1.165) is 6.20 Å². The number of H-pyrrole nitrogens is 1. The summed E-state index contributed by atoms with van der Waals surface area (Å²) < 4.78 is 46.6. The van der Waals surface area contributed by atoms with E-state index in [-0.39, 0.29) is 40.6 Å². The molecular formula is C26H23F3N4O4. The number of nitrogens with zero attached hydrogens (tertiary/aromatic N) is 2. The fourth-order valence-electron chi connectivity index (χ4n) is 4.36. The molecule has 3 heterocycles. The number of halogens is 3. The summed E-state index contributed by atoms with van der Waals surface area (Å²) >= 11 is 0. The summed E-state index contributed by atoms with van der Waals surface area (Å²) in [6.07, 6.45) is -3.01. The number of benzene rings is 2. The number of hydrogen-bond acceptors (Lipinski definition) is 5. The molecule has 0 radical (unpaired) electrons. The van der Waals surface area contributed by atoms with Crippen LogP contribution in [0.5, 0.6) is 0 Å². The normalized spacial score (nSPS) is 14.9. The number of carbonyl (C=O) groups is 1. The van der Waals surface area contributed by atoms with E-state index >= 15 is 0 Å². The number of aromatic amines is 1. The number of rotatable bonds is 6. The molecule has 0 spiro atoms. The number of ether oxygens (including phenoxy) is 1. The Morgan fingerprint density at radius 2 is 2.03 bits per heavy atom. The minimum absolute atomic E-state index is 0.0213. The molecule has 0 aliphatic carbocycles. The van der Waals surface area contributed by atoms with E-state index < -0.39 is 18.0 Å². The summed E-state index contributed by atoms with van der Waals surface area (Å²) in [4.78, 5) is 25.8. The highest BCUT2D eigenvalue weighted by Crippen LogP contribution is 2.36. The van der Waals surface area contributed by atoms with Crippen LogP contribution < -0.4 is 10.9 Å². The SMILES string of the molecule is CC(O)c1cn(Cc2cccc(C(=O)NC3COC3)c2)c(=O)c2ccc(-c3c[nH]nc3C(F)(F)F)cc12. The molecule has 11 heteroatoms. The van der Waals surface area contributed by atoms with Crippen molar-refractivity contribution >= 4 is 16.7 Å². The second-order valence-corrected chi connectivity index (χ2v) is 9.01. The maximum atomic E-state index is 13.4. The van der Waals surface area contributed by atoms with Crippen molar-refractivity contribution in [3.8, 4) is 11.1 Å². The molecule has 1 fully saturated rings. The minimum Gasteiger partial charge on any atom is -0.389 e. The summed E-state index contributed by atoms with van der Waals surface area (Å²) in [6.45, 7) is 2.59.